The Kier molecular flexibility index (Phi) is 7.74. The lowest BCUT2D eigenvalue weighted by Gasteiger charge is -2.28. The van der Waals surface area contributed by atoms with Crippen molar-refractivity contribution >= 4 is 10.0 Å². The molecule has 0 saturated carbocycles. The van der Waals surface area contributed by atoms with Gasteiger partial charge in [-0.25, -0.2) is 8.42 Å². The van der Waals surface area contributed by atoms with E-state index in [0.717, 1.165) is 57.8 Å². The molecule has 1 saturated heterocycles. The fourth-order valence-electron chi connectivity index (χ4n) is 2.91. The van der Waals surface area contributed by atoms with E-state index in [1.54, 1.807) is 4.31 Å². The van der Waals surface area contributed by atoms with E-state index in [4.69, 9.17) is 4.74 Å². The van der Waals surface area contributed by atoms with Gasteiger partial charge in [-0.05, 0) is 31.5 Å². The van der Waals surface area contributed by atoms with Crippen LogP contribution < -0.4 is 0 Å². The molecule has 138 valence electrons. The number of ether oxygens (including phenoxy) is 1. The van der Waals surface area contributed by atoms with Crippen molar-refractivity contribution in [3.8, 4) is 0 Å². The molecule has 1 aromatic rings. The molecular weight excluding hydrogens is 326 g/mol. The normalized spacial score (nSPS) is 16.8. The maximum absolute atomic E-state index is 12.7. The van der Waals surface area contributed by atoms with Crippen LogP contribution in [0.15, 0.2) is 18.3 Å². The van der Waals surface area contributed by atoms with Gasteiger partial charge in [0.1, 0.15) is 0 Å². The number of hydrogen-bond acceptors (Lipinski definition) is 4. The summed E-state index contributed by atoms with van der Waals surface area (Å²) in [5, 5.41) is 0. The standard InChI is InChI=1S/C17H31N3O3S/c1-3-4-15-24(21,22)20(16-17-7-5-8-18(17)2)10-6-9-19-11-13-23-14-12-19/h5,7-8H,3-4,6,9-16H2,1-2H3. The van der Waals surface area contributed by atoms with Crippen LogP contribution in [-0.2, 0) is 28.4 Å². The van der Waals surface area contributed by atoms with Gasteiger partial charge in [-0.1, -0.05) is 13.3 Å². The molecule has 0 aliphatic carbocycles. The molecule has 0 bridgehead atoms. The number of morpholine rings is 1. The molecule has 0 amide bonds. The average molecular weight is 358 g/mol. The van der Waals surface area contributed by atoms with Crippen LogP contribution in [0.4, 0.5) is 0 Å². The molecule has 7 heteroatoms. The highest BCUT2D eigenvalue weighted by Crippen LogP contribution is 2.13. The maximum Gasteiger partial charge on any atom is 0.214 e. The summed E-state index contributed by atoms with van der Waals surface area (Å²) < 4.78 is 34.4. The first-order valence-electron chi connectivity index (χ1n) is 8.91. The number of sulfonamides is 1. The van der Waals surface area contributed by atoms with Gasteiger partial charge in [0.15, 0.2) is 0 Å². The summed E-state index contributed by atoms with van der Waals surface area (Å²) in [6.07, 6.45) is 4.43. The SMILES string of the molecule is CCCCS(=O)(=O)N(CCCN1CCOCC1)Cc1cccn1C. The molecule has 0 radical (unpaired) electrons. The molecule has 0 unspecified atom stereocenters. The van der Waals surface area contributed by atoms with Crippen LogP contribution >= 0.6 is 0 Å². The van der Waals surface area contributed by atoms with Crippen molar-refractivity contribution < 1.29 is 13.2 Å². The third-order valence-electron chi connectivity index (χ3n) is 4.52. The van der Waals surface area contributed by atoms with Gasteiger partial charge >= 0.3 is 0 Å². The summed E-state index contributed by atoms with van der Waals surface area (Å²) in [5.41, 5.74) is 1.03. The van der Waals surface area contributed by atoms with Crippen molar-refractivity contribution in [3.05, 3.63) is 24.0 Å². The largest absolute Gasteiger partial charge is 0.379 e. The van der Waals surface area contributed by atoms with Gasteiger partial charge in [0, 0.05) is 38.6 Å². The monoisotopic (exact) mass is 357 g/mol. The quantitative estimate of drug-likeness (QED) is 0.639. The van der Waals surface area contributed by atoms with E-state index in [0.29, 0.717) is 13.1 Å². The van der Waals surface area contributed by atoms with Crippen molar-refractivity contribution in [2.45, 2.75) is 32.7 Å². The Morgan fingerprint density at radius 2 is 2.00 bits per heavy atom. The summed E-state index contributed by atoms with van der Waals surface area (Å²) in [6.45, 7) is 7.43. The van der Waals surface area contributed by atoms with E-state index in [1.807, 2.05) is 36.9 Å². The predicted octanol–water partition coefficient (Wildman–Crippen LogP) is 1.68. The van der Waals surface area contributed by atoms with Gasteiger partial charge in [0.2, 0.25) is 10.0 Å². The van der Waals surface area contributed by atoms with Crippen LogP contribution in [0, 0.1) is 0 Å². The second-order valence-corrected chi connectivity index (χ2v) is 8.51. The summed E-state index contributed by atoms with van der Waals surface area (Å²) in [6, 6.07) is 3.95. The summed E-state index contributed by atoms with van der Waals surface area (Å²) in [4.78, 5) is 2.35. The van der Waals surface area contributed by atoms with E-state index < -0.39 is 10.0 Å². The highest BCUT2D eigenvalue weighted by molar-refractivity contribution is 7.89. The molecule has 1 aliphatic heterocycles. The Labute approximate surface area is 146 Å². The molecule has 0 N–H and O–H groups in total. The van der Waals surface area contributed by atoms with Crippen LogP contribution in [0.5, 0.6) is 0 Å². The fourth-order valence-corrected chi connectivity index (χ4v) is 4.56. The second kappa shape index (κ2) is 9.56. The Morgan fingerprint density at radius 3 is 2.62 bits per heavy atom. The Morgan fingerprint density at radius 1 is 1.25 bits per heavy atom. The predicted molar refractivity (Wildman–Crippen MR) is 96.4 cm³/mol. The number of nitrogens with zero attached hydrogens (tertiary/aromatic N) is 3. The van der Waals surface area contributed by atoms with Crippen LogP contribution in [0.2, 0.25) is 0 Å². The van der Waals surface area contributed by atoms with Crippen LogP contribution in [0.25, 0.3) is 0 Å². The summed E-state index contributed by atoms with van der Waals surface area (Å²) in [7, 11) is -1.25. The molecule has 1 fully saturated rings. The highest BCUT2D eigenvalue weighted by atomic mass is 32.2. The van der Waals surface area contributed by atoms with E-state index in [1.165, 1.54) is 0 Å². The highest BCUT2D eigenvalue weighted by Gasteiger charge is 2.22. The molecule has 2 rings (SSSR count). The molecule has 1 aromatic heterocycles. The third kappa shape index (κ3) is 5.88. The molecule has 2 heterocycles. The van der Waals surface area contributed by atoms with Crippen LogP contribution in [-0.4, -0.2) is 67.3 Å². The number of aryl methyl sites for hydroxylation is 1. The van der Waals surface area contributed by atoms with Gasteiger partial charge in [0.25, 0.3) is 0 Å². The van der Waals surface area contributed by atoms with Gasteiger partial charge in [-0.15, -0.1) is 0 Å². The van der Waals surface area contributed by atoms with Crippen LogP contribution in [0.3, 0.4) is 0 Å². The molecule has 1 aliphatic rings. The Balaban J connectivity index is 1.95. The molecule has 24 heavy (non-hydrogen) atoms. The number of rotatable bonds is 10. The molecule has 0 atom stereocenters. The first kappa shape index (κ1) is 19.4. The minimum Gasteiger partial charge on any atom is -0.379 e. The van der Waals surface area contributed by atoms with Gasteiger partial charge in [-0.3, -0.25) is 4.90 Å². The van der Waals surface area contributed by atoms with Crippen molar-refractivity contribution in [2.24, 2.45) is 7.05 Å². The topological polar surface area (TPSA) is 54.8 Å². The van der Waals surface area contributed by atoms with Crippen molar-refractivity contribution in [1.82, 2.24) is 13.8 Å². The Bertz CT molecular complexity index is 580. The second-order valence-electron chi connectivity index (χ2n) is 6.42. The zero-order chi connectivity index (χ0) is 17.4. The third-order valence-corrected chi connectivity index (χ3v) is 6.43. The smallest absolute Gasteiger partial charge is 0.214 e. The van der Waals surface area contributed by atoms with E-state index >= 15 is 0 Å². The van der Waals surface area contributed by atoms with E-state index in [2.05, 4.69) is 4.90 Å². The lowest BCUT2D eigenvalue weighted by Crippen LogP contribution is -2.39. The first-order chi connectivity index (χ1) is 11.5. The van der Waals surface area contributed by atoms with Gasteiger partial charge in [-0.2, -0.15) is 4.31 Å². The van der Waals surface area contributed by atoms with E-state index in [-0.39, 0.29) is 5.75 Å². The van der Waals surface area contributed by atoms with Crippen molar-refractivity contribution in [1.29, 1.82) is 0 Å². The Hall–Kier alpha value is -0.890. The van der Waals surface area contributed by atoms with E-state index in [9.17, 15) is 8.42 Å². The number of hydrogen-bond donors (Lipinski definition) is 0. The lowest BCUT2D eigenvalue weighted by atomic mass is 10.3. The zero-order valence-corrected chi connectivity index (χ0v) is 15.8. The summed E-state index contributed by atoms with van der Waals surface area (Å²) in [5.74, 6) is 0.242. The number of aromatic nitrogens is 1. The summed E-state index contributed by atoms with van der Waals surface area (Å²) >= 11 is 0. The van der Waals surface area contributed by atoms with Gasteiger partial charge < -0.3 is 9.30 Å². The van der Waals surface area contributed by atoms with Crippen molar-refractivity contribution in [2.75, 3.05) is 45.1 Å². The van der Waals surface area contributed by atoms with Gasteiger partial charge in [0.05, 0.1) is 25.5 Å². The molecule has 0 aromatic carbocycles. The molecule has 6 nitrogen and oxygen atoms in total. The average Bonchev–Trinajstić information content (AvgIpc) is 2.98. The zero-order valence-electron chi connectivity index (χ0n) is 15.0. The fraction of sp³-hybridized carbons (Fsp3) is 0.765. The molecule has 0 spiro atoms. The first-order valence-corrected chi connectivity index (χ1v) is 10.5. The lowest BCUT2D eigenvalue weighted by molar-refractivity contribution is 0.0368. The minimum absolute atomic E-state index is 0.242. The minimum atomic E-state index is -3.20. The maximum atomic E-state index is 12.7. The molecular formula is C17H31N3O3S. The number of unbranched alkanes of at least 4 members (excludes halogenated alkanes) is 1. The van der Waals surface area contributed by atoms with Crippen molar-refractivity contribution in [3.63, 3.8) is 0 Å². The van der Waals surface area contributed by atoms with Crippen LogP contribution in [0.1, 0.15) is 31.9 Å².